The standard InChI is InChI=1S/C7H11NS/c1-3-4-6(2)5-7(8)9/h3H,1-2,4-5H2,(H2,8,9). The topological polar surface area (TPSA) is 26.0 Å². The van der Waals surface area contributed by atoms with Gasteiger partial charge in [-0.3, -0.25) is 0 Å². The predicted molar refractivity (Wildman–Crippen MR) is 45.4 cm³/mol. The maximum atomic E-state index is 5.26. The summed E-state index contributed by atoms with van der Waals surface area (Å²) >= 11 is 4.67. The monoisotopic (exact) mass is 141 g/mol. The molecule has 0 fully saturated rings. The minimum atomic E-state index is 0.502. The van der Waals surface area contributed by atoms with Crippen LogP contribution in [0, 0.1) is 0 Å². The molecule has 0 heterocycles. The van der Waals surface area contributed by atoms with Crippen LogP contribution in [-0.2, 0) is 0 Å². The molecule has 0 saturated carbocycles. The Labute approximate surface area is 61.2 Å². The van der Waals surface area contributed by atoms with E-state index in [1.54, 1.807) is 6.08 Å². The van der Waals surface area contributed by atoms with E-state index in [9.17, 15) is 0 Å². The molecule has 1 nitrogen and oxygen atoms in total. The SMILES string of the molecule is C=CCC(=C)CC(N)=S. The molecule has 0 spiro atoms. The molecule has 0 aliphatic heterocycles. The lowest BCUT2D eigenvalue weighted by molar-refractivity contribution is 1.16. The molecule has 9 heavy (non-hydrogen) atoms. The van der Waals surface area contributed by atoms with Crippen molar-refractivity contribution in [3.63, 3.8) is 0 Å². The Bertz CT molecular complexity index is 138. The van der Waals surface area contributed by atoms with Gasteiger partial charge in [0.15, 0.2) is 0 Å². The first-order valence-corrected chi connectivity index (χ1v) is 3.13. The fraction of sp³-hybridized carbons (Fsp3) is 0.286. The summed E-state index contributed by atoms with van der Waals surface area (Å²) in [5.74, 6) is 0. The summed E-state index contributed by atoms with van der Waals surface area (Å²) in [5, 5.41) is 0. The third-order valence-corrected chi connectivity index (χ3v) is 1.00. The summed E-state index contributed by atoms with van der Waals surface area (Å²) in [6.07, 6.45) is 3.24. The van der Waals surface area contributed by atoms with Crippen molar-refractivity contribution < 1.29 is 0 Å². The number of hydrogen-bond donors (Lipinski definition) is 1. The van der Waals surface area contributed by atoms with Gasteiger partial charge >= 0.3 is 0 Å². The van der Waals surface area contributed by atoms with Gasteiger partial charge in [-0.25, -0.2) is 0 Å². The minimum absolute atomic E-state index is 0.502. The molecular formula is C7H11NS. The van der Waals surface area contributed by atoms with Gasteiger partial charge in [-0.2, -0.15) is 0 Å². The second-order valence-corrected chi connectivity index (χ2v) is 2.41. The van der Waals surface area contributed by atoms with Crippen LogP contribution in [0.4, 0.5) is 0 Å². The van der Waals surface area contributed by atoms with Crippen LogP contribution in [0.5, 0.6) is 0 Å². The molecule has 50 valence electrons. The van der Waals surface area contributed by atoms with Gasteiger partial charge in [-0.1, -0.05) is 30.4 Å². The molecule has 0 amide bonds. The summed E-state index contributed by atoms with van der Waals surface area (Å²) < 4.78 is 0. The average molecular weight is 141 g/mol. The Hall–Kier alpha value is -0.630. The molecule has 0 aromatic heterocycles. The summed E-state index contributed by atoms with van der Waals surface area (Å²) in [6.45, 7) is 7.31. The fourth-order valence-corrected chi connectivity index (χ4v) is 0.727. The third-order valence-electron chi connectivity index (χ3n) is 0.857. The van der Waals surface area contributed by atoms with Crippen LogP contribution in [-0.4, -0.2) is 4.99 Å². The van der Waals surface area contributed by atoms with E-state index in [0.717, 1.165) is 12.0 Å². The van der Waals surface area contributed by atoms with Crippen LogP contribution in [0.15, 0.2) is 24.8 Å². The van der Waals surface area contributed by atoms with E-state index in [1.165, 1.54) is 0 Å². The van der Waals surface area contributed by atoms with Crippen molar-refractivity contribution in [2.45, 2.75) is 12.8 Å². The summed E-state index contributed by atoms with van der Waals surface area (Å²) in [6, 6.07) is 0. The average Bonchev–Trinajstić information content (AvgIpc) is 1.63. The van der Waals surface area contributed by atoms with Crippen LogP contribution in [0.1, 0.15) is 12.8 Å². The van der Waals surface area contributed by atoms with E-state index in [2.05, 4.69) is 25.4 Å². The van der Waals surface area contributed by atoms with E-state index >= 15 is 0 Å². The van der Waals surface area contributed by atoms with Crippen LogP contribution in [0.3, 0.4) is 0 Å². The van der Waals surface area contributed by atoms with Crippen molar-refractivity contribution in [1.82, 2.24) is 0 Å². The van der Waals surface area contributed by atoms with Crippen LogP contribution < -0.4 is 5.73 Å². The highest BCUT2D eigenvalue weighted by Gasteiger charge is 1.91. The molecule has 0 aromatic rings. The zero-order valence-electron chi connectivity index (χ0n) is 5.39. The van der Waals surface area contributed by atoms with E-state index in [1.807, 2.05) is 0 Å². The summed E-state index contributed by atoms with van der Waals surface area (Å²) in [5.41, 5.74) is 6.29. The minimum Gasteiger partial charge on any atom is -0.393 e. The summed E-state index contributed by atoms with van der Waals surface area (Å²) in [7, 11) is 0. The summed E-state index contributed by atoms with van der Waals surface area (Å²) in [4.78, 5) is 0.502. The second kappa shape index (κ2) is 4.27. The molecule has 0 radical (unpaired) electrons. The number of hydrogen-bond acceptors (Lipinski definition) is 1. The smallest absolute Gasteiger partial charge is 0.0768 e. The normalized spacial score (nSPS) is 8.44. The number of thiocarbonyl (C=S) groups is 1. The predicted octanol–water partition coefficient (Wildman–Crippen LogP) is 1.79. The molecule has 0 aromatic carbocycles. The van der Waals surface area contributed by atoms with Crippen molar-refractivity contribution in [1.29, 1.82) is 0 Å². The van der Waals surface area contributed by atoms with Crippen molar-refractivity contribution >= 4 is 17.2 Å². The highest BCUT2D eigenvalue weighted by Crippen LogP contribution is 2.02. The van der Waals surface area contributed by atoms with E-state index in [0.29, 0.717) is 11.4 Å². The molecule has 0 saturated heterocycles. The van der Waals surface area contributed by atoms with Crippen molar-refractivity contribution in [3.05, 3.63) is 24.8 Å². The van der Waals surface area contributed by atoms with E-state index < -0.39 is 0 Å². The van der Waals surface area contributed by atoms with Crippen molar-refractivity contribution in [3.8, 4) is 0 Å². The molecule has 0 atom stereocenters. The maximum Gasteiger partial charge on any atom is 0.0768 e. The largest absolute Gasteiger partial charge is 0.393 e. The first-order valence-electron chi connectivity index (χ1n) is 2.72. The van der Waals surface area contributed by atoms with Crippen LogP contribution in [0.2, 0.25) is 0 Å². The molecule has 0 aliphatic carbocycles. The lowest BCUT2D eigenvalue weighted by Crippen LogP contribution is -2.07. The lowest BCUT2D eigenvalue weighted by Gasteiger charge is -1.97. The Morgan fingerprint density at radius 2 is 2.22 bits per heavy atom. The van der Waals surface area contributed by atoms with Crippen LogP contribution >= 0.6 is 12.2 Å². The molecular weight excluding hydrogens is 130 g/mol. The number of nitrogens with two attached hydrogens (primary N) is 1. The van der Waals surface area contributed by atoms with Crippen molar-refractivity contribution in [2.75, 3.05) is 0 Å². The third kappa shape index (κ3) is 5.24. The van der Waals surface area contributed by atoms with Gasteiger partial charge in [0.1, 0.15) is 0 Å². The van der Waals surface area contributed by atoms with Gasteiger partial charge in [0.05, 0.1) is 4.99 Å². The Morgan fingerprint density at radius 1 is 1.67 bits per heavy atom. The van der Waals surface area contributed by atoms with Gasteiger partial charge in [-0.15, -0.1) is 6.58 Å². The molecule has 0 bridgehead atoms. The zero-order chi connectivity index (χ0) is 7.28. The number of rotatable bonds is 4. The molecule has 0 aliphatic rings. The highest BCUT2D eigenvalue weighted by molar-refractivity contribution is 7.80. The quantitative estimate of drug-likeness (QED) is 0.477. The van der Waals surface area contributed by atoms with Crippen molar-refractivity contribution in [2.24, 2.45) is 5.73 Å². The molecule has 0 rings (SSSR count). The van der Waals surface area contributed by atoms with Gasteiger partial charge in [-0.05, 0) is 6.42 Å². The fourth-order valence-electron chi connectivity index (χ4n) is 0.523. The van der Waals surface area contributed by atoms with Gasteiger partial charge in [0, 0.05) is 6.42 Å². The van der Waals surface area contributed by atoms with Gasteiger partial charge in [0.2, 0.25) is 0 Å². The van der Waals surface area contributed by atoms with Gasteiger partial charge < -0.3 is 5.73 Å². The zero-order valence-corrected chi connectivity index (χ0v) is 6.21. The number of allylic oxidation sites excluding steroid dienone is 1. The molecule has 2 heteroatoms. The van der Waals surface area contributed by atoms with E-state index in [4.69, 9.17) is 5.73 Å². The Balaban J connectivity index is 3.50. The highest BCUT2D eigenvalue weighted by atomic mass is 32.1. The van der Waals surface area contributed by atoms with E-state index in [-0.39, 0.29) is 0 Å². The second-order valence-electron chi connectivity index (χ2n) is 1.89. The first-order chi connectivity index (χ1) is 4.16. The molecule has 0 unspecified atom stereocenters. The Morgan fingerprint density at radius 3 is 2.56 bits per heavy atom. The van der Waals surface area contributed by atoms with Crippen LogP contribution in [0.25, 0.3) is 0 Å². The lowest BCUT2D eigenvalue weighted by atomic mass is 10.1. The first kappa shape index (κ1) is 8.37. The Kier molecular flexibility index (Phi) is 3.97. The maximum absolute atomic E-state index is 5.26. The molecule has 2 N–H and O–H groups in total. The van der Waals surface area contributed by atoms with Gasteiger partial charge in [0.25, 0.3) is 0 Å².